The van der Waals surface area contributed by atoms with Gasteiger partial charge in [-0.05, 0) is 36.8 Å². The molecule has 9 nitrogen and oxygen atoms in total. The van der Waals surface area contributed by atoms with Crippen LogP contribution in [0, 0.1) is 6.92 Å². The zero-order valence-corrected chi connectivity index (χ0v) is 15.1. The molecular formula is C19H17N3O6. The van der Waals surface area contributed by atoms with Crippen molar-refractivity contribution < 1.29 is 19.1 Å². The standard InChI is InChI=1S/C19H17N3O6/c1-11-5-6-12(18(25)27-2)8-15(11)20-9-14-16(23)21-19(26)22(17(14)24)10-13-4-3-7-28-13/h3-9,24H,10H2,1-2H3,(H,21,23,26). The second-order valence-electron chi connectivity index (χ2n) is 5.91. The lowest BCUT2D eigenvalue weighted by Crippen LogP contribution is -2.32. The summed E-state index contributed by atoms with van der Waals surface area (Å²) >= 11 is 0. The van der Waals surface area contributed by atoms with E-state index in [0.717, 1.165) is 16.3 Å². The summed E-state index contributed by atoms with van der Waals surface area (Å²) in [4.78, 5) is 42.2. The summed E-state index contributed by atoms with van der Waals surface area (Å²) in [5.41, 5.74) is -0.326. The molecule has 1 aromatic carbocycles. The van der Waals surface area contributed by atoms with Crippen molar-refractivity contribution in [2.24, 2.45) is 4.99 Å². The molecule has 0 saturated heterocycles. The van der Waals surface area contributed by atoms with Crippen molar-refractivity contribution in [1.82, 2.24) is 9.55 Å². The second-order valence-corrected chi connectivity index (χ2v) is 5.91. The molecule has 0 amide bonds. The van der Waals surface area contributed by atoms with E-state index in [4.69, 9.17) is 4.42 Å². The maximum atomic E-state index is 12.1. The van der Waals surface area contributed by atoms with Crippen LogP contribution in [0.25, 0.3) is 0 Å². The van der Waals surface area contributed by atoms with Gasteiger partial charge in [0.1, 0.15) is 11.3 Å². The molecule has 0 atom stereocenters. The van der Waals surface area contributed by atoms with Crippen LogP contribution in [-0.2, 0) is 11.3 Å². The summed E-state index contributed by atoms with van der Waals surface area (Å²) in [6.07, 6.45) is 2.57. The number of hydrogen-bond donors (Lipinski definition) is 2. The lowest BCUT2D eigenvalue weighted by atomic mass is 10.1. The average Bonchev–Trinajstić information content (AvgIpc) is 3.18. The van der Waals surface area contributed by atoms with Crippen LogP contribution < -0.4 is 11.2 Å². The molecule has 0 unspecified atom stereocenters. The lowest BCUT2D eigenvalue weighted by molar-refractivity contribution is 0.0600. The first kappa shape index (κ1) is 18.9. The first-order chi connectivity index (χ1) is 13.4. The van der Waals surface area contributed by atoms with Gasteiger partial charge in [0.15, 0.2) is 0 Å². The summed E-state index contributed by atoms with van der Waals surface area (Å²) < 4.78 is 10.8. The Bertz CT molecular complexity index is 1160. The molecule has 28 heavy (non-hydrogen) atoms. The number of rotatable bonds is 5. The molecule has 0 saturated carbocycles. The van der Waals surface area contributed by atoms with Crippen molar-refractivity contribution in [3.8, 4) is 5.88 Å². The minimum atomic E-state index is -0.788. The third-order valence-electron chi connectivity index (χ3n) is 4.06. The van der Waals surface area contributed by atoms with Crippen LogP contribution >= 0.6 is 0 Å². The highest BCUT2D eigenvalue weighted by Gasteiger charge is 2.14. The Morgan fingerprint density at radius 3 is 2.82 bits per heavy atom. The number of aliphatic imine (C=N–C) groups is 1. The van der Waals surface area contributed by atoms with Gasteiger partial charge in [-0.1, -0.05) is 6.07 Å². The first-order valence-corrected chi connectivity index (χ1v) is 8.22. The van der Waals surface area contributed by atoms with Crippen LogP contribution in [-0.4, -0.2) is 34.0 Å². The van der Waals surface area contributed by atoms with Crippen LogP contribution in [0.3, 0.4) is 0 Å². The number of H-pyrrole nitrogens is 1. The van der Waals surface area contributed by atoms with Crippen molar-refractivity contribution in [3.05, 3.63) is 79.9 Å². The van der Waals surface area contributed by atoms with E-state index in [2.05, 4.69) is 14.7 Å². The van der Waals surface area contributed by atoms with Gasteiger partial charge >= 0.3 is 11.7 Å². The van der Waals surface area contributed by atoms with Crippen LogP contribution in [0.2, 0.25) is 0 Å². The molecule has 3 rings (SSSR count). The average molecular weight is 383 g/mol. The smallest absolute Gasteiger partial charge is 0.337 e. The van der Waals surface area contributed by atoms with Crippen molar-refractivity contribution in [1.29, 1.82) is 0 Å². The van der Waals surface area contributed by atoms with Gasteiger partial charge in [-0.2, -0.15) is 0 Å². The van der Waals surface area contributed by atoms with E-state index in [-0.39, 0.29) is 12.1 Å². The number of aromatic amines is 1. The number of esters is 1. The topological polar surface area (TPSA) is 127 Å². The second kappa shape index (κ2) is 7.78. The molecule has 3 aromatic rings. The molecule has 9 heteroatoms. The van der Waals surface area contributed by atoms with E-state index in [1.807, 2.05) is 0 Å². The van der Waals surface area contributed by atoms with Crippen LogP contribution in [0.4, 0.5) is 5.69 Å². The van der Waals surface area contributed by atoms with Gasteiger partial charge in [-0.15, -0.1) is 0 Å². The molecule has 0 aliphatic rings. The first-order valence-electron chi connectivity index (χ1n) is 8.22. The van der Waals surface area contributed by atoms with Crippen LogP contribution in [0.1, 0.15) is 27.2 Å². The molecule has 0 bridgehead atoms. The van der Waals surface area contributed by atoms with E-state index in [9.17, 15) is 19.5 Å². The Morgan fingerprint density at radius 1 is 1.36 bits per heavy atom. The molecule has 0 fully saturated rings. The summed E-state index contributed by atoms with van der Waals surface area (Å²) in [5.74, 6) is -0.645. The molecule has 0 spiro atoms. The Balaban J connectivity index is 2.02. The predicted molar refractivity (Wildman–Crippen MR) is 101 cm³/mol. The van der Waals surface area contributed by atoms with Gasteiger partial charge < -0.3 is 14.3 Å². The maximum absolute atomic E-state index is 12.1. The molecule has 0 radical (unpaired) electrons. The number of furan rings is 1. The summed E-state index contributed by atoms with van der Waals surface area (Å²) in [5, 5.41) is 10.4. The van der Waals surface area contributed by atoms with Crippen LogP contribution in [0.15, 0.2) is 55.6 Å². The summed E-state index contributed by atoms with van der Waals surface area (Å²) in [6, 6.07) is 8.05. The third-order valence-corrected chi connectivity index (χ3v) is 4.06. The van der Waals surface area contributed by atoms with Crippen LogP contribution in [0.5, 0.6) is 5.88 Å². The monoisotopic (exact) mass is 383 g/mol. The number of aryl methyl sites for hydroxylation is 1. The van der Waals surface area contributed by atoms with E-state index in [1.54, 1.807) is 31.2 Å². The van der Waals surface area contributed by atoms with Crippen molar-refractivity contribution in [3.63, 3.8) is 0 Å². The maximum Gasteiger partial charge on any atom is 0.337 e. The molecule has 2 N–H and O–H groups in total. The normalized spacial score (nSPS) is 11.1. The Morgan fingerprint density at radius 2 is 2.14 bits per heavy atom. The number of nitrogens with zero attached hydrogens (tertiary/aromatic N) is 2. The van der Waals surface area contributed by atoms with E-state index < -0.39 is 23.1 Å². The minimum Gasteiger partial charge on any atom is -0.494 e. The minimum absolute atomic E-state index is 0.0634. The van der Waals surface area contributed by atoms with Gasteiger partial charge in [-0.25, -0.2) is 9.59 Å². The van der Waals surface area contributed by atoms with Gasteiger partial charge in [-0.3, -0.25) is 19.3 Å². The van der Waals surface area contributed by atoms with Crippen molar-refractivity contribution >= 4 is 17.9 Å². The van der Waals surface area contributed by atoms with Gasteiger partial charge in [0.05, 0.1) is 31.2 Å². The predicted octanol–water partition coefficient (Wildman–Crippen LogP) is 1.73. The number of nitrogens with one attached hydrogen (secondary N) is 1. The molecule has 2 aromatic heterocycles. The van der Waals surface area contributed by atoms with Gasteiger partial charge in [0.2, 0.25) is 5.88 Å². The number of carbonyl (C=O) groups excluding carboxylic acids is 1. The molecule has 144 valence electrons. The number of ether oxygens (including phenoxy) is 1. The van der Waals surface area contributed by atoms with E-state index in [1.165, 1.54) is 19.4 Å². The van der Waals surface area contributed by atoms with E-state index >= 15 is 0 Å². The quantitative estimate of drug-likeness (QED) is 0.510. The number of aromatic hydroxyl groups is 1. The number of methoxy groups -OCH3 is 1. The third kappa shape index (κ3) is 3.78. The number of aromatic nitrogens is 2. The molecule has 2 heterocycles. The van der Waals surface area contributed by atoms with Crippen molar-refractivity contribution in [2.45, 2.75) is 13.5 Å². The summed E-state index contributed by atoms with van der Waals surface area (Å²) in [7, 11) is 1.27. The SMILES string of the molecule is COC(=O)c1ccc(C)c(N=Cc2c(O)n(Cc3ccco3)c(=O)[nH]c2=O)c1. The zero-order valence-electron chi connectivity index (χ0n) is 15.1. The Hall–Kier alpha value is -3.88. The van der Waals surface area contributed by atoms with E-state index in [0.29, 0.717) is 17.0 Å². The Labute approximate surface area is 158 Å². The lowest BCUT2D eigenvalue weighted by Gasteiger charge is -2.08. The fourth-order valence-electron chi connectivity index (χ4n) is 2.52. The molecular weight excluding hydrogens is 366 g/mol. The highest BCUT2D eigenvalue weighted by Crippen LogP contribution is 2.21. The largest absolute Gasteiger partial charge is 0.494 e. The number of hydrogen-bond acceptors (Lipinski definition) is 7. The van der Waals surface area contributed by atoms with Gasteiger partial charge in [0.25, 0.3) is 5.56 Å². The number of carbonyl (C=O) groups is 1. The fraction of sp³-hybridized carbons (Fsp3) is 0.158. The molecule has 0 aliphatic heterocycles. The van der Waals surface area contributed by atoms with Crippen molar-refractivity contribution in [2.75, 3.05) is 7.11 Å². The zero-order chi connectivity index (χ0) is 20.3. The number of benzene rings is 1. The highest BCUT2D eigenvalue weighted by molar-refractivity contribution is 5.91. The highest BCUT2D eigenvalue weighted by atomic mass is 16.5. The summed E-state index contributed by atoms with van der Waals surface area (Å²) in [6.45, 7) is 1.71. The molecule has 0 aliphatic carbocycles. The van der Waals surface area contributed by atoms with Gasteiger partial charge in [0, 0.05) is 6.21 Å². The Kier molecular flexibility index (Phi) is 5.25. The fourth-order valence-corrected chi connectivity index (χ4v) is 2.52.